The second-order valence-corrected chi connectivity index (χ2v) is 7.18. The first-order chi connectivity index (χ1) is 10.9. The highest BCUT2D eigenvalue weighted by Gasteiger charge is 2.29. The molecule has 0 saturated heterocycles. The van der Waals surface area contributed by atoms with Crippen molar-refractivity contribution in [2.75, 3.05) is 0 Å². The Balaban J connectivity index is 2.09. The maximum atomic E-state index is 12.3. The minimum atomic E-state index is -1.04. The number of esters is 1. The molecule has 3 amide bonds. The van der Waals surface area contributed by atoms with Crippen LogP contribution in [0.1, 0.15) is 53.2 Å². The van der Waals surface area contributed by atoms with Crippen LogP contribution in [0, 0.1) is 5.92 Å². The number of carbonyl (C=O) groups excluding carboxylic acids is 3. The number of carbonyl (C=O) groups is 3. The minimum absolute atomic E-state index is 0.268. The summed E-state index contributed by atoms with van der Waals surface area (Å²) in [5.74, 6) is -1.49. The van der Waals surface area contributed by atoms with E-state index in [-0.39, 0.29) is 5.92 Å². The molecule has 23 heavy (non-hydrogen) atoms. The SMILES string of the molecule is CC(C)[C@H](OC(=O)c1cc2c(s1)CCCCC2)C(=O)NC(N)=O. The van der Waals surface area contributed by atoms with Gasteiger partial charge >= 0.3 is 12.0 Å². The Kier molecular flexibility index (Phi) is 5.76. The molecule has 1 aromatic rings. The van der Waals surface area contributed by atoms with Crippen molar-refractivity contribution in [3.8, 4) is 0 Å². The van der Waals surface area contributed by atoms with Crippen molar-refractivity contribution in [2.45, 2.75) is 52.1 Å². The zero-order valence-corrected chi connectivity index (χ0v) is 14.2. The lowest BCUT2D eigenvalue weighted by Crippen LogP contribution is -2.45. The van der Waals surface area contributed by atoms with Gasteiger partial charge in [-0.1, -0.05) is 20.3 Å². The van der Waals surface area contributed by atoms with Gasteiger partial charge in [-0.25, -0.2) is 9.59 Å². The zero-order chi connectivity index (χ0) is 17.0. The quantitative estimate of drug-likeness (QED) is 0.650. The Hall–Kier alpha value is -1.89. The Labute approximate surface area is 139 Å². The summed E-state index contributed by atoms with van der Waals surface area (Å²) in [4.78, 5) is 36.8. The summed E-state index contributed by atoms with van der Waals surface area (Å²) in [6, 6.07) is 0.913. The van der Waals surface area contributed by atoms with Crippen LogP contribution < -0.4 is 11.1 Å². The molecule has 0 unspecified atom stereocenters. The second-order valence-electron chi connectivity index (χ2n) is 6.04. The first kappa shape index (κ1) is 17.5. The Morgan fingerprint density at radius 2 is 1.91 bits per heavy atom. The van der Waals surface area contributed by atoms with Gasteiger partial charge in [0, 0.05) is 4.88 Å². The molecular weight excluding hydrogens is 316 g/mol. The second kappa shape index (κ2) is 7.59. The Morgan fingerprint density at radius 1 is 1.22 bits per heavy atom. The van der Waals surface area contributed by atoms with Crippen molar-refractivity contribution in [2.24, 2.45) is 11.7 Å². The molecule has 0 aliphatic heterocycles. The minimum Gasteiger partial charge on any atom is -0.448 e. The van der Waals surface area contributed by atoms with E-state index >= 15 is 0 Å². The van der Waals surface area contributed by atoms with E-state index in [1.807, 2.05) is 11.4 Å². The highest BCUT2D eigenvalue weighted by atomic mass is 32.1. The van der Waals surface area contributed by atoms with Crippen LogP contribution in [0.5, 0.6) is 0 Å². The zero-order valence-electron chi connectivity index (χ0n) is 13.4. The van der Waals surface area contributed by atoms with Crippen molar-refractivity contribution in [1.82, 2.24) is 5.32 Å². The van der Waals surface area contributed by atoms with Gasteiger partial charge in [-0.3, -0.25) is 10.1 Å². The van der Waals surface area contributed by atoms with E-state index in [1.165, 1.54) is 28.2 Å². The van der Waals surface area contributed by atoms with Gasteiger partial charge in [-0.2, -0.15) is 0 Å². The van der Waals surface area contributed by atoms with Gasteiger partial charge in [-0.05, 0) is 43.2 Å². The molecular formula is C16H22N2O4S. The molecule has 1 aliphatic rings. The van der Waals surface area contributed by atoms with Gasteiger partial charge < -0.3 is 10.5 Å². The number of amides is 3. The van der Waals surface area contributed by atoms with Crippen LogP contribution in [0.4, 0.5) is 4.79 Å². The number of hydrogen-bond donors (Lipinski definition) is 2. The van der Waals surface area contributed by atoms with Crippen molar-refractivity contribution >= 4 is 29.2 Å². The third-order valence-corrected chi connectivity index (χ3v) is 5.01. The molecule has 0 fully saturated rings. The lowest BCUT2D eigenvalue weighted by molar-refractivity contribution is -0.130. The highest BCUT2D eigenvalue weighted by Crippen LogP contribution is 2.29. The summed E-state index contributed by atoms with van der Waals surface area (Å²) < 4.78 is 5.32. The van der Waals surface area contributed by atoms with Crippen LogP contribution in [0.2, 0.25) is 0 Å². The number of ether oxygens (including phenoxy) is 1. The van der Waals surface area contributed by atoms with Crippen molar-refractivity contribution < 1.29 is 19.1 Å². The first-order valence-electron chi connectivity index (χ1n) is 7.81. The van der Waals surface area contributed by atoms with E-state index in [0.717, 1.165) is 25.7 Å². The molecule has 126 valence electrons. The summed E-state index contributed by atoms with van der Waals surface area (Å²) in [7, 11) is 0. The van der Waals surface area contributed by atoms with E-state index in [2.05, 4.69) is 0 Å². The maximum absolute atomic E-state index is 12.3. The van der Waals surface area contributed by atoms with Crippen LogP contribution in [0.25, 0.3) is 0 Å². The normalized spacial score (nSPS) is 15.4. The maximum Gasteiger partial charge on any atom is 0.349 e. The summed E-state index contributed by atoms with van der Waals surface area (Å²) in [5.41, 5.74) is 6.16. The number of fused-ring (bicyclic) bond motifs is 1. The van der Waals surface area contributed by atoms with Crippen molar-refractivity contribution in [1.29, 1.82) is 0 Å². The van der Waals surface area contributed by atoms with Gasteiger partial charge in [0.15, 0.2) is 6.10 Å². The topological polar surface area (TPSA) is 98.5 Å². The summed E-state index contributed by atoms with van der Waals surface area (Å²) in [6.45, 7) is 3.48. The van der Waals surface area contributed by atoms with Gasteiger partial charge in [0.25, 0.3) is 5.91 Å². The van der Waals surface area contributed by atoms with E-state index in [4.69, 9.17) is 10.5 Å². The van der Waals surface area contributed by atoms with Gasteiger partial charge in [0.05, 0.1) is 0 Å². The molecule has 1 heterocycles. The van der Waals surface area contributed by atoms with Crippen LogP contribution >= 0.6 is 11.3 Å². The van der Waals surface area contributed by atoms with Crippen LogP contribution in [-0.2, 0) is 22.4 Å². The monoisotopic (exact) mass is 338 g/mol. The molecule has 6 nitrogen and oxygen atoms in total. The Bertz CT molecular complexity index is 586. The van der Waals surface area contributed by atoms with Crippen molar-refractivity contribution in [3.05, 3.63) is 21.4 Å². The van der Waals surface area contributed by atoms with Crippen LogP contribution in [0.3, 0.4) is 0 Å². The summed E-state index contributed by atoms with van der Waals surface area (Å²) in [6.07, 6.45) is 4.41. The van der Waals surface area contributed by atoms with E-state index < -0.39 is 24.0 Å². The molecule has 1 atom stereocenters. The third-order valence-electron chi connectivity index (χ3n) is 3.79. The standard InChI is InChI=1S/C16H22N2O4S/c1-9(2)13(14(19)18-16(17)21)22-15(20)12-8-10-6-4-3-5-7-11(10)23-12/h8-9,13H,3-7H2,1-2H3,(H3,17,18,19,21)/t13-/m0/s1. The molecule has 0 aromatic carbocycles. The molecule has 0 bridgehead atoms. The number of rotatable bonds is 4. The fourth-order valence-corrected chi connectivity index (χ4v) is 3.76. The van der Waals surface area contributed by atoms with Crippen molar-refractivity contribution in [3.63, 3.8) is 0 Å². The molecule has 3 N–H and O–H groups in total. The number of primary amides is 1. The molecule has 0 saturated carbocycles. The predicted octanol–water partition coefficient (Wildman–Crippen LogP) is 2.39. The predicted molar refractivity (Wildman–Crippen MR) is 87.3 cm³/mol. The van der Waals surface area contributed by atoms with Crippen LogP contribution in [-0.4, -0.2) is 24.0 Å². The van der Waals surface area contributed by atoms with E-state index in [0.29, 0.717) is 4.88 Å². The van der Waals surface area contributed by atoms with Gasteiger partial charge in [0.1, 0.15) is 4.88 Å². The summed E-state index contributed by atoms with van der Waals surface area (Å²) in [5, 5.41) is 1.96. The number of aryl methyl sites for hydroxylation is 2. The van der Waals surface area contributed by atoms with Crippen LogP contribution in [0.15, 0.2) is 6.07 Å². The van der Waals surface area contributed by atoms with Gasteiger partial charge in [0.2, 0.25) is 0 Å². The molecule has 7 heteroatoms. The highest BCUT2D eigenvalue weighted by molar-refractivity contribution is 7.14. The first-order valence-corrected chi connectivity index (χ1v) is 8.63. The number of hydrogen-bond acceptors (Lipinski definition) is 5. The molecule has 0 spiro atoms. The summed E-state index contributed by atoms with van der Waals surface area (Å²) >= 11 is 1.44. The number of urea groups is 1. The fraction of sp³-hybridized carbons (Fsp3) is 0.562. The smallest absolute Gasteiger partial charge is 0.349 e. The molecule has 0 radical (unpaired) electrons. The largest absolute Gasteiger partial charge is 0.448 e. The molecule has 1 aromatic heterocycles. The van der Waals surface area contributed by atoms with E-state index in [1.54, 1.807) is 13.8 Å². The number of imide groups is 1. The van der Waals surface area contributed by atoms with Gasteiger partial charge in [-0.15, -0.1) is 11.3 Å². The molecule has 1 aliphatic carbocycles. The lowest BCUT2D eigenvalue weighted by Gasteiger charge is -2.19. The third kappa shape index (κ3) is 4.54. The number of thiophene rings is 1. The Morgan fingerprint density at radius 3 is 2.57 bits per heavy atom. The molecule has 2 rings (SSSR count). The average Bonchev–Trinajstić information content (AvgIpc) is 2.74. The average molecular weight is 338 g/mol. The lowest BCUT2D eigenvalue weighted by atomic mass is 10.1. The number of nitrogens with two attached hydrogens (primary N) is 1. The van der Waals surface area contributed by atoms with E-state index in [9.17, 15) is 14.4 Å². The fourth-order valence-electron chi connectivity index (χ4n) is 2.63. The number of nitrogens with one attached hydrogen (secondary N) is 1.